The van der Waals surface area contributed by atoms with Crippen LogP contribution in [0.15, 0.2) is 150 Å². The molecule has 1 nitrogen and oxygen atoms in total. The van der Waals surface area contributed by atoms with Gasteiger partial charge < -0.3 is 4.42 Å². The summed E-state index contributed by atoms with van der Waals surface area (Å²) in [6.45, 7) is 0. The molecule has 0 unspecified atom stereocenters. The maximum Gasteiger partial charge on any atom is 0.143 e. The Morgan fingerprint density at radius 1 is 0.400 bits per heavy atom. The quantitative estimate of drug-likeness (QED) is 0.221. The second-order valence-electron chi connectivity index (χ2n) is 10.1. The van der Waals surface area contributed by atoms with E-state index in [0.29, 0.717) is 0 Å². The van der Waals surface area contributed by atoms with Crippen LogP contribution in [-0.2, 0) is 0 Å². The molecule has 0 aliphatic carbocycles. The number of fused-ring (bicyclic) bond motifs is 4. The van der Waals surface area contributed by atoms with E-state index in [2.05, 4.69) is 146 Å². The fourth-order valence-corrected chi connectivity index (χ4v) is 7.12. The topological polar surface area (TPSA) is 13.1 Å². The van der Waals surface area contributed by atoms with E-state index in [-0.39, 0.29) is 0 Å². The highest BCUT2D eigenvalue weighted by molar-refractivity contribution is 7.26. The Balaban J connectivity index is 1.40. The molecule has 0 bridgehead atoms. The first-order valence-corrected chi connectivity index (χ1v) is 14.3. The lowest BCUT2D eigenvalue weighted by Gasteiger charge is -2.11. The summed E-state index contributed by atoms with van der Waals surface area (Å²) in [6.07, 6.45) is 0. The molecule has 0 radical (unpaired) electrons. The van der Waals surface area contributed by atoms with Gasteiger partial charge in [-0.2, -0.15) is 0 Å². The third-order valence-corrected chi connectivity index (χ3v) is 8.91. The van der Waals surface area contributed by atoms with Crippen molar-refractivity contribution in [3.05, 3.63) is 146 Å². The van der Waals surface area contributed by atoms with E-state index in [1.54, 1.807) is 0 Å². The van der Waals surface area contributed by atoms with Crippen LogP contribution in [-0.4, -0.2) is 0 Å². The zero-order valence-corrected chi connectivity index (χ0v) is 22.5. The summed E-state index contributed by atoms with van der Waals surface area (Å²) in [4.78, 5) is 0. The summed E-state index contributed by atoms with van der Waals surface area (Å²) in [5.41, 5.74) is 6.99. The van der Waals surface area contributed by atoms with Crippen molar-refractivity contribution in [2.45, 2.75) is 0 Å². The zero-order chi connectivity index (χ0) is 26.5. The largest absolute Gasteiger partial charge is 0.455 e. The second-order valence-corrected chi connectivity index (χ2v) is 11.1. The van der Waals surface area contributed by atoms with Gasteiger partial charge in [-0.05, 0) is 34.9 Å². The molecule has 0 saturated carbocycles. The van der Waals surface area contributed by atoms with Crippen LogP contribution in [0, 0.1) is 0 Å². The Kier molecular flexibility index (Phi) is 5.39. The van der Waals surface area contributed by atoms with Gasteiger partial charge in [-0.3, -0.25) is 0 Å². The second kappa shape index (κ2) is 9.37. The Morgan fingerprint density at radius 3 is 1.77 bits per heavy atom. The van der Waals surface area contributed by atoms with Crippen LogP contribution in [0.3, 0.4) is 0 Å². The summed E-state index contributed by atoms with van der Waals surface area (Å²) in [7, 11) is 0. The van der Waals surface area contributed by atoms with Gasteiger partial charge in [0.15, 0.2) is 0 Å². The fourth-order valence-electron chi connectivity index (χ4n) is 5.85. The third kappa shape index (κ3) is 3.69. The monoisotopic (exact) mass is 528 g/mol. The van der Waals surface area contributed by atoms with Crippen LogP contribution in [0.4, 0.5) is 0 Å². The van der Waals surface area contributed by atoms with Gasteiger partial charge in [-0.1, -0.05) is 127 Å². The lowest BCUT2D eigenvalue weighted by molar-refractivity contribution is 0.602. The number of thiophene rings is 1. The van der Waals surface area contributed by atoms with Crippen LogP contribution in [0.25, 0.3) is 75.8 Å². The lowest BCUT2D eigenvalue weighted by Crippen LogP contribution is -1.85. The number of rotatable bonds is 4. The van der Waals surface area contributed by atoms with Crippen molar-refractivity contribution in [1.82, 2.24) is 0 Å². The van der Waals surface area contributed by atoms with Gasteiger partial charge in [0.1, 0.15) is 11.5 Å². The van der Waals surface area contributed by atoms with E-state index in [4.69, 9.17) is 4.42 Å². The third-order valence-electron chi connectivity index (χ3n) is 7.71. The van der Waals surface area contributed by atoms with Crippen LogP contribution in [0.5, 0.6) is 0 Å². The van der Waals surface area contributed by atoms with Crippen LogP contribution in [0.2, 0.25) is 0 Å². The van der Waals surface area contributed by atoms with Crippen LogP contribution in [0.1, 0.15) is 0 Å². The summed E-state index contributed by atoms with van der Waals surface area (Å²) < 4.78 is 9.51. The van der Waals surface area contributed by atoms with E-state index in [9.17, 15) is 0 Å². The van der Waals surface area contributed by atoms with Crippen molar-refractivity contribution in [1.29, 1.82) is 0 Å². The molecular formula is C38H24OS. The zero-order valence-electron chi connectivity index (χ0n) is 21.7. The molecule has 0 N–H and O–H groups in total. The molecule has 0 saturated heterocycles. The van der Waals surface area contributed by atoms with E-state index >= 15 is 0 Å². The van der Waals surface area contributed by atoms with Gasteiger partial charge in [0.25, 0.3) is 0 Å². The standard InChI is InChI=1S/C38H24OS/c1-3-12-25(13-4-1)27-16-11-17-28(24-27)36-30-19-7-8-20-31(30)37(39-36)33-23-22-32-29-18-9-10-21-34(29)40-38(32)35(33)26-14-5-2-6-15-26/h1-24H. The van der Waals surface area contributed by atoms with E-state index in [1.165, 1.54) is 42.4 Å². The molecule has 8 rings (SSSR count). The molecule has 0 aliphatic rings. The van der Waals surface area contributed by atoms with Gasteiger partial charge in [0.05, 0.1) is 0 Å². The van der Waals surface area contributed by atoms with Crippen molar-refractivity contribution in [2.75, 3.05) is 0 Å². The van der Waals surface area contributed by atoms with Crippen molar-refractivity contribution in [3.8, 4) is 44.9 Å². The molecule has 2 heteroatoms. The highest BCUT2D eigenvalue weighted by Crippen LogP contribution is 2.48. The minimum absolute atomic E-state index is 0.902. The lowest BCUT2D eigenvalue weighted by atomic mass is 9.94. The van der Waals surface area contributed by atoms with Gasteiger partial charge in [0.2, 0.25) is 0 Å². The fraction of sp³-hybridized carbons (Fsp3) is 0. The maximum atomic E-state index is 6.92. The number of furan rings is 1. The van der Waals surface area contributed by atoms with Crippen LogP contribution >= 0.6 is 11.3 Å². The van der Waals surface area contributed by atoms with Crippen LogP contribution < -0.4 is 0 Å². The van der Waals surface area contributed by atoms with Crippen molar-refractivity contribution >= 4 is 42.3 Å². The van der Waals surface area contributed by atoms with Gasteiger partial charge in [-0.15, -0.1) is 11.3 Å². The van der Waals surface area contributed by atoms with E-state index in [1.807, 2.05) is 11.3 Å². The number of hydrogen-bond donors (Lipinski definition) is 0. The van der Waals surface area contributed by atoms with Crippen molar-refractivity contribution < 1.29 is 4.42 Å². The molecule has 40 heavy (non-hydrogen) atoms. The minimum atomic E-state index is 0.902. The molecule has 0 spiro atoms. The minimum Gasteiger partial charge on any atom is -0.455 e. The number of benzene rings is 6. The first-order valence-electron chi connectivity index (χ1n) is 13.5. The summed E-state index contributed by atoms with van der Waals surface area (Å²) in [5, 5.41) is 4.84. The maximum absolute atomic E-state index is 6.92. The predicted octanol–water partition coefficient (Wildman–Crippen LogP) is 11.5. The molecular weight excluding hydrogens is 504 g/mol. The SMILES string of the molecule is c1ccc(-c2cccc(-c3oc(-c4ccc5c(sc6ccccc65)c4-c4ccccc4)c4ccccc34)c2)cc1. The highest BCUT2D eigenvalue weighted by atomic mass is 32.1. The molecule has 0 fully saturated rings. The summed E-state index contributed by atoms with van der Waals surface area (Å²) in [5.74, 6) is 1.81. The smallest absolute Gasteiger partial charge is 0.143 e. The molecule has 6 aromatic carbocycles. The molecule has 0 atom stereocenters. The molecule has 0 amide bonds. The molecule has 0 aliphatic heterocycles. The summed E-state index contributed by atoms with van der Waals surface area (Å²) in [6, 6.07) is 51.7. The Bertz CT molecular complexity index is 2150. The molecule has 2 aromatic heterocycles. The molecule has 188 valence electrons. The predicted molar refractivity (Wildman–Crippen MR) is 171 cm³/mol. The summed E-state index contributed by atoms with van der Waals surface area (Å²) >= 11 is 1.86. The van der Waals surface area contributed by atoms with Crippen molar-refractivity contribution in [2.24, 2.45) is 0 Å². The first-order chi connectivity index (χ1) is 19.8. The highest BCUT2D eigenvalue weighted by Gasteiger charge is 2.22. The Labute approximate surface area is 236 Å². The molecule has 2 heterocycles. The van der Waals surface area contributed by atoms with Crippen molar-refractivity contribution in [3.63, 3.8) is 0 Å². The average Bonchev–Trinajstić information content (AvgIpc) is 3.60. The van der Waals surface area contributed by atoms with E-state index in [0.717, 1.165) is 33.4 Å². The first kappa shape index (κ1) is 23.0. The average molecular weight is 529 g/mol. The normalized spacial score (nSPS) is 11.5. The van der Waals surface area contributed by atoms with E-state index < -0.39 is 0 Å². The van der Waals surface area contributed by atoms with Gasteiger partial charge in [-0.25, -0.2) is 0 Å². The van der Waals surface area contributed by atoms with Gasteiger partial charge >= 0.3 is 0 Å². The number of hydrogen-bond acceptors (Lipinski definition) is 2. The Hall–Kier alpha value is -4.92. The van der Waals surface area contributed by atoms with Gasteiger partial charge in [0, 0.05) is 47.6 Å². The molecule has 8 aromatic rings. The Morgan fingerprint density at radius 2 is 1.00 bits per heavy atom.